The lowest BCUT2D eigenvalue weighted by Crippen LogP contribution is -2.27. The van der Waals surface area contributed by atoms with Gasteiger partial charge < -0.3 is 10.6 Å². The average molecular weight is 299 g/mol. The van der Waals surface area contributed by atoms with Crippen molar-refractivity contribution in [1.82, 2.24) is 0 Å². The first-order chi connectivity index (χ1) is 8.89. The van der Waals surface area contributed by atoms with E-state index < -0.39 is 0 Å². The van der Waals surface area contributed by atoms with E-state index in [0.717, 1.165) is 35.1 Å². The summed E-state index contributed by atoms with van der Waals surface area (Å²) in [5.74, 6) is 1.15. The molecular formula is C15H23ClN2S. The fourth-order valence-corrected chi connectivity index (χ4v) is 3.73. The zero-order valence-electron chi connectivity index (χ0n) is 11.9. The third kappa shape index (κ3) is 3.80. The number of hydrogen-bond donors (Lipinski definition) is 1. The van der Waals surface area contributed by atoms with Crippen molar-refractivity contribution in [3.63, 3.8) is 0 Å². The summed E-state index contributed by atoms with van der Waals surface area (Å²) in [6.45, 7) is 8.75. The Morgan fingerprint density at radius 3 is 2.74 bits per heavy atom. The van der Waals surface area contributed by atoms with Gasteiger partial charge in [-0.05, 0) is 31.0 Å². The molecule has 1 aliphatic heterocycles. The van der Waals surface area contributed by atoms with Gasteiger partial charge in [0, 0.05) is 29.6 Å². The van der Waals surface area contributed by atoms with Gasteiger partial charge in [-0.25, -0.2) is 0 Å². The summed E-state index contributed by atoms with van der Waals surface area (Å²) in [5.41, 5.74) is 8.13. The van der Waals surface area contributed by atoms with Crippen LogP contribution in [0.2, 0.25) is 5.02 Å². The SMILES string of the molecule is C[C@H](N)c1ccc(N2CCSC(C)(C)CC2)c(Cl)c1. The second kappa shape index (κ2) is 5.94. The Bertz CT molecular complexity index is 446. The zero-order valence-corrected chi connectivity index (χ0v) is 13.5. The number of nitrogens with zero attached hydrogens (tertiary/aromatic N) is 1. The lowest BCUT2D eigenvalue weighted by molar-refractivity contribution is 0.637. The van der Waals surface area contributed by atoms with Gasteiger partial charge in [0.2, 0.25) is 0 Å². The van der Waals surface area contributed by atoms with E-state index in [0.29, 0.717) is 4.75 Å². The average Bonchev–Trinajstić information content (AvgIpc) is 2.50. The molecule has 1 aromatic carbocycles. The van der Waals surface area contributed by atoms with Gasteiger partial charge in [-0.2, -0.15) is 11.8 Å². The van der Waals surface area contributed by atoms with Crippen molar-refractivity contribution in [1.29, 1.82) is 0 Å². The predicted octanol–water partition coefficient (Wildman–Crippen LogP) is 4.08. The number of hydrogen-bond acceptors (Lipinski definition) is 3. The number of halogens is 1. The molecule has 106 valence electrons. The molecule has 0 bridgehead atoms. The molecule has 1 atom stereocenters. The Kier molecular flexibility index (Phi) is 4.70. The first kappa shape index (κ1) is 15.0. The van der Waals surface area contributed by atoms with Gasteiger partial charge in [0.25, 0.3) is 0 Å². The summed E-state index contributed by atoms with van der Waals surface area (Å²) < 4.78 is 0.368. The monoisotopic (exact) mass is 298 g/mol. The van der Waals surface area contributed by atoms with Crippen molar-refractivity contribution in [2.45, 2.75) is 38.0 Å². The first-order valence-corrected chi connectivity index (χ1v) is 8.19. The highest BCUT2D eigenvalue weighted by Crippen LogP contribution is 2.35. The zero-order chi connectivity index (χ0) is 14.0. The maximum absolute atomic E-state index is 6.43. The highest BCUT2D eigenvalue weighted by atomic mass is 35.5. The molecule has 2 rings (SSSR count). The lowest BCUT2D eigenvalue weighted by atomic mass is 10.1. The minimum Gasteiger partial charge on any atom is -0.369 e. The molecule has 4 heteroatoms. The standard InChI is InChI=1S/C15H23ClN2S/c1-11(17)12-4-5-14(13(16)10-12)18-7-6-15(2,3)19-9-8-18/h4-5,10-11H,6-9,17H2,1-3H3/t11-/m0/s1. The van der Waals surface area contributed by atoms with Crippen LogP contribution in [-0.2, 0) is 0 Å². The normalized spacial score (nSPS) is 21.0. The Labute approximate surface area is 125 Å². The minimum atomic E-state index is 0.0326. The van der Waals surface area contributed by atoms with Crippen molar-refractivity contribution in [3.05, 3.63) is 28.8 Å². The van der Waals surface area contributed by atoms with Gasteiger partial charge >= 0.3 is 0 Å². The molecule has 0 radical (unpaired) electrons. The topological polar surface area (TPSA) is 29.3 Å². The molecule has 0 saturated carbocycles. The Morgan fingerprint density at radius 1 is 1.37 bits per heavy atom. The molecule has 0 amide bonds. The van der Waals surface area contributed by atoms with Crippen LogP contribution < -0.4 is 10.6 Å². The molecule has 2 N–H and O–H groups in total. The van der Waals surface area contributed by atoms with Gasteiger partial charge in [-0.1, -0.05) is 31.5 Å². The van der Waals surface area contributed by atoms with E-state index >= 15 is 0 Å². The summed E-state index contributed by atoms with van der Waals surface area (Å²) in [5, 5.41) is 0.819. The summed E-state index contributed by atoms with van der Waals surface area (Å²) in [6, 6.07) is 6.24. The lowest BCUT2D eigenvalue weighted by Gasteiger charge is -2.25. The van der Waals surface area contributed by atoms with Crippen LogP contribution in [0, 0.1) is 0 Å². The van der Waals surface area contributed by atoms with Gasteiger partial charge in [0.05, 0.1) is 10.7 Å². The van der Waals surface area contributed by atoms with Crippen LogP contribution in [0.4, 0.5) is 5.69 Å². The van der Waals surface area contributed by atoms with E-state index in [1.54, 1.807) is 0 Å². The number of thioether (sulfide) groups is 1. The van der Waals surface area contributed by atoms with E-state index in [-0.39, 0.29) is 6.04 Å². The Hall–Kier alpha value is -0.380. The first-order valence-electron chi connectivity index (χ1n) is 6.83. The van der Waals surface area contributed by atoms with Crippen LogP contribution in [0.3, 0.4) is 0 Å². The molecular weight excluding hydrogens is 276 g/mol. The molecule has 2 nitrogen and oxygen atoms in total. The van der Waals surface area contributed by atoms with Gasteiger partial charge in [0.15, 0.2) is 0 Å². The second-order valence-electron chi connectivity index (χ2n) is 5.84. The molecule has 1 heterocycles. The smallest absolute Gasteiger partial charge is 0.0642 e. The van der Waals surface area contributed by atoms with Crippen molar-refractivity contribution >= 4 is 29.1 Å². The molecule has 0 aliphatic carbocycles. The van der Waals surface area contributed by atoms with Crippen molar-refractivity contribution in [2.24, 2.45) is 5.73 Å². The molecule has 0 unspecified atom stereocenters. The third-order valence-corrected chi connectivity index (χ3v) is 5.35. The van der Waals surface area contributed by atoms with Crippen molar-refractivity contribution in [2.75, 3.05) is 23.7 Å². The maximum Gasteiger partial charge on any atom is 0.0642 e. The molecule has 0 spiro atoms. The van der Waals surface area contributed by atoms with Crippen LogP contribution in [0.1, 0.15) is 38.8 Å². The number of nitrogens with two attached hydrogens (primary N) is 1. The van der Waals surface area contributed by atoms with E-state index in [1.807, 2.05) is 24.8 Å². The molecule has 1 fully saturated rings. The minimum absolute atomic E-state index is 0.0326. The van der Waals surface area contributed by atoms with E-state index in [2.05, 4.69) is 30.9 Å². The summed E-state index contributed by atoms with van der Waals surface area (Å²) in [6.07, 6.45) is 1.18. The molecule has 1 aromatic rings. The third-order valence-electron chi connectivity index (χ3n) is 3.68. The van der Waals surface area contributed by atoms with Gasteiger partial charge in [-0.3, -0.25) is 0 Å². The maximum atomic E-state index is 6.43. The highest BCUT2D eigenvalue weighted by Gasteiger charge is 2.24. The van der Waals surface area contributed by atoms with Crippen molar-refractivity contribution < 1.29 is 0 Å². The van der Waals surface area contributed by atoms with E-state index in [4.69, 9.17) is 17.3 Å². The number of anilines is 1. The van der Waals surface area contributed by atoms with Crippen LogP contribution in [-0.4, -0.2) is 23.6 Å². The summed E-state index contributed by atoms with van der Waals surface area (Å²) in [7, 11) is 0. The summed E-state index contributed by atoms with van der Waals surface area (Å²) >= 11 is 8.48. The Balaban J connectivity index is 2.18. The molecule has 1 aliphatic rings. The fraction of sp³-hybridized carbons (Fsp3) is 0.600. The van der Waals surface area contributed by atoms with E-state index in [1.165, 1.54) is 6.42 Å². The van der Waals surface area contributed by atoms with Gasteiger partial charge in [0.1, 0.15) is 0 Å². The van der Waals surface area contributed by atoms with Crippen LogP contribution in [0.25, 0.3) is 0 Å². The number of rotatable bonds is 2. The predicted molar refractivity (Wildman–Crippen MR) is 87.4 cm³/mol. The van der Waals surface area contributed by atoms with E-state index in [9.17, 15) is 0 Å². The largest absolute Gasteiger partial charge is 0.369 e. The molecule has 1 saturated heterocycles. The van der Waals surface area contributed by atoms with Crippen LogP contribution >= 0.6 is 23.4 Å². The number of benzene rings is 1. The summed E-state index contributed by atoms with van der Waals surface area (Å²) in [4.78, 5) is 2.40. The molecule has 0 aromatic heterocycles. The Morgan fingerprint density at radius 2 is 2.11 bits per heavy atom. The van der Waals surface area contributed by atoms with Crippen LogP contribution in [0.5, 0.6) is 0 Å². The fourth-order valence-electron chi connectivity index (χ4n) is 2.32. The van der Waals surface area contributed by atoms with Crippen LogP contribution in [0.15, 0.2) is 18.2 Å². The molecule has 19 heavy (non-hydrogen) atoms. The second-order valence-corrected chi connectivity index (χ2v) is 8.05. The quantitative estimate of drug-likeness (QED) is 0.892. The van der Waals surface area contributed by atoms with Crippen molar-refractivity contribution in [3.8, 4) is 0 Å². The highest BCUT2D eigenvalue weighted by molar-refractivity contribution is 8.00. The van der Waals surface area contributed by atoms with Gasteiger partial charge in [-0.15, -0.1) is 0 Å².